The number of hydrogen-bond donors (Lipinski definition) is 0. The van der Waals surface area contributed by atoms with Crippen molar-refractivity contribution in [3.63, 3.8) is 0 Å². The molecule has 1 aliphatic heterocycles. The van der Waals surface area contributed by atoms with Gasteiger partial charge >= 0.3 is 4.87 Å². The molecule has 0 saturated carbocycles. The number of nitrogens with zero attached hydrogens (tertiary/aromatic N) is 2. The summed E-state index contributed by atoms with van der Waals surface area (Å²) >= 11 is 1.08. The summed E-state index contributed by atoms with van der Waals surface area (Å²) in [6.45, 7) is 2.38. The topological polar surface area (TPSA) is 59.4 Å². The van der Waals surface area contributed by atoms with Gasteiger partial charge in [-0.25, -0.2) is 8.42 Å². The average molecular weight is 437 g/mol. The highest BCUT2D eigenvalue weighted by molar-refractivity contribution is 7.93. The Hall–Kier alpha value is -2.90. The fourth-order valence-corrected chi connectivity index (χ4v) is 6.86. The Bertz CT molecular complexity index is 1410. The predicted octanol–water partition coefficient (Wildman–Crippen LogP) is 4.25. The Morgan fingerprint density at radius 1 is 1.00 bits per heavy atom. The first kappa shape index (κ1) is 19.1. The van der Waals surface area contributed by atoms with Crippen molar-refractivity contribution >= 4 is 37.3 Å². The highest BCUT2D eigenvalue weighted by Crippen LogP contribution is 2.37. The summed E-state index contributed by atoms with van der Waals surface area (Å²) in [6.07, 6.45) is 0.693. The van der Waals surface area contributed by atoms with Gasteiger partial charge in [0.2, 0.25) is 0 Å². The van der Waals surface area contributed by atoms with Gasteiger partial charge in [-0.05, 0) is 48.7 Å². The molecule has 0 radical (unpaired) electrons. The lowest BCUT2D eigenvalue weighted by Crippen LogP contribution is -2.35. The van der Waals surface area contributed by atoms with Gasteiger partial charge in [-0.15, -0.1) is 0 Å². The SMILES string of the molecule is C[C@@H]1Cc2ccccc2N1S(=O)(=O)c1ccc2c(c1)sc(=O)n2Cc1ccccc1. The van der Waals surface area contributed by atoms with Crippen molar-refractivity contribution in [1.29, 1.82) is 0 Å². The van der Waals surface area contributed by atoms with E-state index in [1.807, 2.05) is 61.5 Å². The van der Waals surface area contributed by atoms with Crippen LogP contribution in [0.15, 0.2) is 82.5 Å². The Balaban J connectivity index is 1.57. The molecule has 5 rings (SSSR count). The van der Waals surface area contributed by atoms with Crippen molar-refractivity contribution in [3.05, 3.63) is 93.6 Å². The summed E-state index contributed by atoms with van der Waals surface area (Å²) in [5.41, 5.74) is 3.55. The third-order valence-electron chi connectivity index (χ3n) is 5.52. The number of hydrogen-bond acceptors (Lipinski definition) is 4. The minimum Gasteiger partial charge on any atom is -0.294 e. The minimum absolute atomic E-state index is 0.0942. The van der Waals surface area contributed by atoms with Crippen molar-refractivity contribution in [2.24, 2.45) is 0 Å². The van der Waals surface area contributed by atoms with E-state index in [2.05, 4.69) is 0 Å². The molecular weight excluding hydrogens is 416 g/mol. The Kier molecular flexibility index (Phi) is 4.52. The minimum atomic E-state index is -3.73. The molecule has 0 aliphatic carbocycles. The number of benzene rings is 3. The van der Waals surface area contributed by atoms with E-state index >= 15 is 0 Å². The highest BCUT2D eigenvalue weighted by Gasteiger charge is 2.36. The van der Waals surface area contributed by atoms with Gasteiger partial charge in [0.05, 0.1) is 27.3 Å². The molecule has 152 valence electrons. The first-order chi connectivity index (χ1) is 14.4. The summed E-state index contributed by atoms with van der Waals surface area (Å²) in [6, 6.07) is 22.2. The van der Waals surface area contributed by atoms with Crippen LogP contribution >= 0.6 is 11.3 Å². The van der Waals surface area contributed by atoms with Gasteiger partial charge in [-0.2, -0.15) is 0 Å². The van der Waals surface area contributed by atoms with Crippen molar-refractivity contribution in [2.75, 3.05) is 4.31 Å². The summed E-state index contributed by atoms with van der Waals surface area (Å²) in [4.78, 5) is 12.7. The van der Waals surface area contributed by atoms with Gasteiger partial charge in [0.15, 0.2) is 0 Å². The number of sulfonamides is 1. The van der Waals surface area contributed by atoms with Crippen LogP contribution in [0.25, 0.3) is 10.2 Å². The van der Waals surface area contributed by atoms with Crippen molar-refractivity contribution in [3.8, 4) is 0 Å². The highest BCUT2D eigenvalue weighted by atomic mass is 32.2. The second kappa shape index (κ2) is 7.11. The lowest BCUT2D eigenvalue weighted by Gasteiger charge is -2.24. The molecule has 1 aliphatic rings. The van der Waals surface area contributed by atoms with E-state index in [0.717, 1.165) is 33.7 Å². The Morgan fingerprint density at radius 3 is 2.53 bits per heavy atom. The zero-order chi connectivity index (χ0) is 20.9. The van der Waals surface area contributed by atoms with E-state index < -0.39 is 10.0 Å². The normalized spacial score (nSPS) is 16.2. The predicted molar refractivity (Wildman–Crippen MR) is 121 cm³/mol. The Labute approximate surface area is 178 Å². The van der Waals surface area contributed by atoms with Gasteiger partial charge in [0, 0.05) is 6.04 Å². The van der Waals surface area contributed by atoms with E-state index in [0.29, 0.717) is 17.7 Å². The first-order valence-electron chi connectivity index (χ1n) is 9.75. The van der Waals surface area contributed by atoms with E-state index in [4.69, 9.17) is 0 Å². The first-order valence-corrected chi connectivity index (χ1v) is 12.0. The van der Waals surface area contributed by atoms with Crippen LogP contribution in [0.3, 0.4) is 0 Å². The second-order valence-electron chi connectivity index (χ2n) is 7.55. The molecule has 0 amide bonds. The molecule has 4 aromatic rings. The number of rotatable bonds is 4. The quantitative estimate of drug-likeness (QED) is 0.481. The summed E-state index contributed by atoms with van der Waals surface area (Å²) in [5.74, 6) is 0. The molecule has 0 unspecified atom stereocenters. The smallest absolute Gasteiger partial charge is 0.294 e. The molecule has 0 saturated heterocycles. The van der Waals surface area contributed by atoms with E-state index in [9.17, 15) is 13.2 Å². The van der Waals surface area contributed by atoms with Gasteiger partial charge in [-0.1, -0.05) is 59.9 Å². The largest absolute Gasteiger partial charge is 0.308 e. The zero-order valence-corrected chi connectivity index (χ0v) is 18.0. The molecule has 0 bridgehead atoms. The number of thiazole rings is 1. The molecule has 7 heteroatoms. The fraction of sp³-hybridized carbons (Fsp3) is 0.174. The van der Waals surface area contributed by atoms with Crippen LogP contribution in [0.5, 0.6) is 0 Å². The maximum atomic E-state index is 13.5. The van der Waals surface area contributed by atoms with E-state index in [1.165, 1.54) is 4.31 Å². The van der Waals surface area contributed by atoms with Gasteiger partial charge in [0.25, 0.3) is 10.0 Å². The van der Waals surface area contributed by atoms with Crippen molar-refractivity contribution in [2.45, 2.75) is 30.8 Å². The van der Waals surface area contributed by atoms with Gasteiger partial charge < -0.3 is 0 Å². The van der Waals surface area contributed by atoms with Gasteiger partial charge in [0.1, 0.15) is 0 Å². The summed E-state index contributed by atoms with van der Waals surface area (Å²) in [5, 5.41) is 0. The molecule has 1 aromatic heterocycles. The van der Waals surface area contributed by atoms with Crippen LogP contribution in [0.2, 0.25) is 0 Å². The van der Waals surface area contributed by atoms with Crippen LogP contribution in [0.4, 0.5) is 5.69 Å². The maximum Gasteiger partial charge on any atom is 0.308 e. The monoisotopic (exact) mass is 436 g/mol. The summed E-state index contributed by atoms with van der Waals surface area (Å²) in [7, 11) is -3.73. The van der Waals surface area contributed by atoms with Crippen LogP contribution < -0.4 is 9.18 Å². The van der Waals surface area contributed by atoms with Crippen LogP contribution in [0, 0.1) is 0 Å². The number of fused-ring (bicyclic) bond motifs is 2. The number of anilines is 1. The average Bonchev–Trinajstić information content (AvgIpc) is 3.24. The molecule has 30 heavy (non-hydrogen) atoms. The standard InChI is InChI=1S/C23H20N2O3S2/c1-16-13-18-9-5-6-10-20(18)25(16)30(27,28)19-11-12-21-22(14-19)29-23(26)24(21)15-17-7-3-2-4-8-17/h2-12,14,16H,13,15H2,1H3/t16-/m1/s1. The van der Waals surface area contributed by atoms with E-state index in [-0.39, 0.29) is 15.8 Å². The third-order valence-corrected chi connectivity index (χ3v) is 8.39. The van der Waals surface area contributed by atoms with Gasteiger partial charge in [-0.3, -0.25) is 13.7 Å². The molecule has 0 spiro atoms. The number of aromatic nitrogens is 1. The molecule has 0 fully saturated rings. The second-order valence-corrected chi connectivity index (χ2v) is 10.4. The van der Waals surface area contributed by atoms with Crippen molar-refractivity contribution in [1.82, 2.24) is 4.57 Å². The van der Waals surface area contributed by atoms with Crippen molar-refractivity contribution < 1.29 is 8.42 Å². The zero-order valence-electron chi connectivity index (χ0n) is 16.4. The maximum absolute atomic E-state index is 13.5. The molecule has 5 nitrogen and oxygen atoms in total. The van der Waals surface area contributed by atoms with Crippen LogP contribution in [0.1, 0.15) is 18.1 Å². The van der Waals surface area contributed by atoms with E-state index in [1.54, 1.807) is 22.8 Å². The van der Waals surface area contributed by atoms with Crippen LogP contribution in [-0.4, -0.2) is 19.0 Å². The Morgan fingerprint density at radius 2 is 1.73 bits per heavy atom. The molecule has 1 atom stereocenters. The number of para-hydroxylation sites is 1. The molecule has 2 heterocycles. The lowest BCUT2D eigenvalue weighted by atomic mass is 10.1. The third kappa shape index (κ3) is 3.05. The fourth-order valence-electron chi connectivity index (χ4n) is 4.14. The van der Waals surface area contributed by atoms with Crippen LogP contribution in [-0.2, 0) is 23.0 Å². The summed E-state index contributed by atoms with van der Waals surface area (Å²) < 4.78 is 30.8. The molecule has 0 N–H and O–H groups in total. The molecular formula is C23H20N2O3S2. The lowest BCUT2D eigenvalue weighted by molar-refractivity contribution is 0.584. The molecule has 3 aromatic carbocycles.